The molecule has 20 heteroatoms. The fourth-order valence-electron chi connectivity index (χ4n) is 10.0. The van der Waals surface area contributed by atoms with Gasteiger partial charge < -0.3 is 47.1 Å². The molecule has 77 heavy (non-hydrogen) atoms. The third kappa shape index (κ3) is 15.1. The Labute approximate surface area is 453 Å². The van der Waals surface area contributed by atoms with Gasteiger partial charge in [0.05, 0.1) is 27.9 Å². The van der Waals surface area contributed by atoms with Crippen LogP contribution in [-0.2, 0) is 70.7 Å². The highest BCUT2D eigenvalue weighted by atomic mass is 32.1. The molecule has 4 heterocycles. The third-order valence-electron chi connectivity index (χ3n) is 14.0. The number of hydrogen-bond acceptors (Lipinski definition) is 12. The van der Waals surface area contributed by atoms with Gasteiger partial charge in [-0.3, -0.25) is 38.5 Å². The molecule has 0 spiro atoms. The molecular weight excluding hydrogens is 1000 g/mol. The predicted molar refractivity (Wildman–Crippen MR) is 291 cm³/mol. The van der Waals surface area contributed by atoms with Crippen LogP contribution < -0.4 is 37.2 Å². The number of aromatic nitrogens is 1. The second-order valence-corrected chi connectivity index (χ2v) is 23.2. The third-order valence-corrected chi connectivity index (χ3v) is 15.0. The predicted octanol–water partition coefficient (Wildman–Crippen LogP) is 4.80. The van der Waals surface area contributed by atoms with E-state index in [9.17, 15) is 43.5 Å². The molecule has 1 saturated heterocycles. The van der Waals surface area contributed by atoms with Gasteiger partial charge in [0.1, 0.15) is 35.8 Å². The first-order valence-corrected chi connectivity index (χ1v) is 27.3. The molecule has 0 unspecified atom stereocenters. The number of anilines is 1. The van der Waals surface area contributed by atoms with Gasteiger partial charge >= 0.3 is 6.09 Å². The number of benzene rings is 3. The van der Waals surface area contributed by atoms with E-state index in [-0.39, 0.29) is 70.0 Å². The number of primary amides is 1. The maximum absolute atomic E-state index is 14.1. The Balaban J connectivity index is 0.875. The number of β-amino-alcohol motifs (C(OH)–C–C–N with tert-alkyl or cyclic N) is 1. The molecule has 412 valence electrons. The lowest BCUT2D eigenvalue weighted by molar-refractivity contribution is -0.144. The van der Waals surface area contributed by atoms with Crippen molar-refractivity contribution >= 4 is 64.5 Å². The van der Waals surface area contributed by atoms with Crippen molar-refractivity contribution in [2.45, 2.75) is 168 Å². The minimum atomic E-state index is -1.15. The summed E-state index contributed by atoms with van der Waals surface area (Å²) in [6, 6.07) is 16.0. The zero-order valence-electron chi connectivity index (χ0n) is 45.0. The summed E-state index contributed by atoms with van der Waals surface area (Å²) in [6.45, 7) is 13.0. The molecule has 19 nitrogen and oxygen atoms in total. The number of carbonyl (C=O) groups excluding carboxylic acids is 8. The summed E-state index contributed by atoms with van der Waals surface area (Å²) in [5, 5.41) is 24.8. The van der Waals surface area contributed by atoms with Crippen molar-refractivity contribution in [3.8, 4) is 10.4 Å². The molecule has 7 rings (SSSR count). The Morgan fingerprint density at radius 2 is 1.49 bits per heavy atom. The average Bonchev–Trinajstić information content (AvgIpc) is 4.14. The number of nitrogens with two attached hydrogens (primary N) is 1. The molecule has 1 aromatic heterocycles. The molecule has 4 aromatic rings. The molecule has 3 aromatic carbocycles. The normalized spacial score (nSPS) is 18.8. The van der Waals surface area contributed by atoms with Gasteiger partial charge in [0.25, 0.3) is 0 Å². The smallest absolute Gasteiger partial charge is 0.408 e. The molecule has 0 saturated carbocycles. The van der Waals surface area contributed by atoms with Crippen LogP contribution in [0.25, 0.3) is 10.4 Å². The number of nitrogens with one attached hydrogen (secondary N) is 5. The van der Waals surface area contributed by atoms with Crippen LogP contribution >= 0.6 is 11.3 Å². The van der Waals surface area contributed by atoms with Gasteiger partial charge in [-0.1, -0.05) is 87.5 Å². The van der Waals surface area contributed by atoms with Gasteiger partial charge in [0.15, 0.2) is 0 Å². The number of hydrogen-bond donors (Lipinski definition) is 7. The van der Waals surface area contributed by atoms with Gasteiger partial charge in [-0.2, -0.15) is 0 Å². The summed E-state index contributed by atoms with van der Waals surface area (Å²) >= 11 is 1.56. The first-order chi connectivity index (χ1) is 36.4. The Hall–Kier alpha value is -7.19. The van der Waals surface area contributed by atoms with E-state index >= 15 is 0 Å². The fraction of sp³-hybridized carbons (Fsp3) is 0.491. The van der Waals surface area contributed by atoms with Gasteiger partial charge in [-0.15, -0.1) is 11.3 Å². The summed E-state index contributed by atoms with van der Waals surface area (Å²) in [5.41, 5.74) is 12.7. The quantitative estimate of drug-likeness (QED) is 0.0591. The minimum Gasteiger partial charge on any atom is -0.444 e. The highest BCUT2D eigenvalue weighted by molar-refractivity contribution is 7.13. The standard InChI is InChI=1S/C57H73N9O10S/c1-33-48(77-32-61-33)38-21-19-36(20-22-38)30-60-51(71)43-28-40(67)31-65(43)54(74)49(56(2,3)4)64-46(69)14-9-8-11-34-15-17-35(18-16-34)29-59-50(70)41(25-26-45(58)68)62-52(72)44-27-39-13-10-12-37-23-24-42(53(73)66(44)47(37)39)63-55(75)76-57(5,6)7/h10,12-13,15-22,32,40-44,49,67H,8-9,11,14,23-31H2,1-7H3,(H2,58,68)(H,59,70)(H,60,71)(H,62,72)(H,63,75)(H,64,69)/t40-,41+,42+,43+,44+,49-/m1/s1. The van der Waals surface area contributed by atoms with Crippen LogP contribution in [0.1, 0.15) is 120 Å². The fourth-order valence-corrected chi connectivity index (χ4v) is 10.8. The Morgan fingerprint density at radius 3 is 2.14 bits per heavy atom. The number of amides is 8. The molecule has 0 aliphatic carbocycles. The van der Waals surface area contributed by atoms with E-state index in [4.69, 9.17) is 10.5 Å². The number of alkyl carbamates (subject to hydrolysis) is 1. The van der Waals surface area contributed by atoms with Crippen LogP contribution in [0.15, 0.2) is 72.2 Å². The molecule has 1 fully saturated rings. The number of carbonyl (C=O) groups is 8. The van der Waals surface area contributed by atoms with Crippen LogP contribution in [0.2, 0.25) is 0 Å². The number of rotatable bonds is 20. The Kier molecular flexibility index (Phi) is 18.6. The lowest BCUT2D eigenvalue weighted by Crippen LogP contribution is -2.57. The summed E-state index contributed by atoms with van der Waals surface area (Å²) in [6.07, 6.45) is 1.17. The summed E-state index contributed by atoms with van der Waals surface area (Å²) < 4.78 is 5.42. The van der Waals surface area contributed by atoms with E-state index in [1.54, 1.807) is 37.6 Å². The molecule has 3 aliphatic heterocycles. The van der Waals surface area contributed by atoms with Gasteiger partial charge in [-0.05, 0) is 105 Å². The van der Waals surface area contributed by atoms with Crippen molar-refractivity contribution < 1.29 is 48.2 Å². The minimum absolute atomic E-state index is 0.0241. The van der Waals surface area contributed by atoms with Crippen molar-refractivity contribution in [1.82, 2.24) is 36.5 Å². The summed E-state index contributed by atoms with van der Waals surface area (Å²) in [7, 11) is 0. The maximum atomic E-state index is 14.1. The number of aryl methyl sites for hydroxylation is 3. The number of likely N-dealkylation sites (tertiary alicyclic amines) is 1. The lowest BCUT2D eigenvalue weighted by Gasteiger charge is -2.35. The van der Waals surface area contributed by atoms with Crippen LogP contribution in [0, 0.1) is 12.3 Å². The van der Waals surface area contributed by atoms with Gasteiger partial charge in [0, 0.05) is 45.3 Å². The van der Waals surface area contributed by atoms with Crippen molar-refractivity contribution in [2.75, 3.05) is 11.4 Å². The van der Waals surface area contributed by atoms with Crippen LogP contribution in [0.4, 0.5) is 10.5 Å². The maximum Gasteiger partial charge on any atom is 0.408 e. The zero-order chi connectivity index (χ0) is 55.8. The molecule has 3 aliphatic rings. The SMILES string of the molecule is Cc1ncsc1-c1ccc(CNC(=O)[C@@H]2C[C@@H](O)CN2C(=O)[C@@H](NC(=O)CCCCc2ccc(CNC(=O)[C@H](CCC(N)=O)NC(=O)[C@@H]3Cc4cccc5c4N3C(=O)[C@@H](NC(=O)OC(C)(C)C)CC5)cc2)C(C)(C)C)cc1. The molecule has 8 N–H and O–H groups in total. The first-order valence-electron chi connectivity index (χ1n) is 26.4. The van der Waals surface area contributed by atoms with Crippen molar-refractivity contribution in [2.24, 2.45) is 11.1 Å². The first kappa shape index (κ1) is 57.5. The average molecular weight is 1080 g/mol. The monoisotopic (exact) mass is 1080 g/mol. The number of unbranched alkanes of at least 4 members (excludes halogenated alkanes) is 1. The number of thiazole rings is 1. The van der Waals surface area contributed by atoms with Crippen LogP contribution in [0.5, 0.6) is 0 Å². The second-order valence-electron chi connectivity index (χ2n) is 22.3. The van der Waals surface area contributed by atoms with E-state index in [1.807, 2.05) is 94.4 Å². The number of nitrogens with zero attached hydrogens (tertiary/aromatic N) is 3. The molecule has 6 atom stereocenters. The topological polar surface area (TPSA) is 272 Å². The van der Waals surface area contributed by atoms with E-state index in [2.05, 4.69) is 31.6 Å². The molecular formula is C57H73N9O10S. The molecule has 0 radical (unpaired) electrons. The largest absolute Gasteiger partial charge is 0.444 e. The zero-order valence-corrected chi connectivity index (χ0v) is 45.8. The number of ether oxygens (including phenoxy) is 1. The highest BCUT2D eigenvalue weighted by Gasteiger charge is 2.46. The van der Waals surface area contributed by atoms with Crippen LogP contribution in [-0.4, -0.2) is 111 Å². The van der Waals surface area contributed by atoms with E-state index in [1.165, 1.54) is 9.80 Å². The van der Waals surface area contributed by atoms with Gasteiger partial charge in [0.2, 0.25) is 41.4 Å². The number of para-hydroxylation sites is 1. The summed E-state index contributed by atoms with van der Waals surface area (Å²) in [5.74, 6) is -3.36. The van der Waals surface area contributed by atoms with Crippen LogP contribution in [0.3, 0.4) is 0 Å². The summed E-state index contributed by atoms with van der Waals surface area (Å²) in [4.78, 5) is 116. The highest BCUT2D eigenvalue weighted by Crippen LogP contribution is 2.39. The second kappa shape index (κ2) is 24.9. The molecule has 8 amide bonds. The number of aliphatic hydroxyl groups excluding tert-OH is 1. The van der Waals surface area contributed by atoms with E-state index in [0.717, 1.165) is 44.0 Å². The van der Waals surface area contributed by atoms with Crippen molar-refractivity contribution in [3.05, 3.63) is 106 Å². The Bertz CT molecular complexity index is 2820. The van der Waals surface area contributed by atoms with Crippen molar-refractivity contribution in [3.63, 3.8) is 0 Å². The Morgan fingerprint density at radius 1 is 0.831 bits per heavy atom. The molecule has 0 bridgehead atoms. The van der Waals surface area contributed by atoms with Gasteiger partial charge in [-0.25, -0.2) is 9.78 Å². The number of aliphatic hydroxyl groups is 1. The van der Waals surface area contributed by atoms with Crippen molar-refractivity contribution in [1.29, 1.82) is 0 Å². The van der Waals surface area contributed by atoms with E-state index in [0.29, 0.717) is 31.4 Å². The lowest BCUT2D eigenvalue weighted by atomic mass is 9.85. The van der Waals surface area contributed by atoms with E-state index < -0.39 is 83.0 Å².